The fraction of sp³-hybridized carbons (Fsp3) is 0.200. The molecule has 1 aromatic heterocycles. The quantitative estimate of drug-likeness (QED) is 0.445. The van der Waals surface area contributed by atoms with E-state index in [0.29, 0.717) is 12.1 Å². The highest BCUT2D eigenvalue weighted by Crippen LogP contribution is 2.33. The molecule has 4 N–H and O–H groups in total. The van der Waals surface area contributed by atoms with Crippen molar-refractivity contribution in [3.8, 4) is 6.01 Å². The summed E-state index contributed by atoms with van der Waals surface area (Å²) in [5, 5.41) is 0.744. The molecule has 0 atom stereocenters. The van der Waals surface area contributed by atoms with Gasteiger partial charge in [-0.15, -0.1) is 0 Å². The molecule has 0 radical (unpaired) electrons. The molecule has 0 aliphatic carbocycles. The number of ether oxygens (including phenoxy) is 1. The highest BCUT2D eigenvalue weighted by Gasteiger charge is 2.34. The number of benzene rings is 1. The van der Waals surface area contributed by atoms with Gasteiger partial charge in [-0.25, -0.2) is 29.0 Å². The third-order valence-corrected chi connectivity index (χ3v) is 3.13. The molecule has 0 saturated heterocycles. The van der Waals surface area contributed by atoms with E-state index in [2.05, 4.69) is 9.97 Å². The molecule has 27 heavy (non-hydrogen) atoms. The van der Waals surface area contributed by atoms with E-state index in [1.807, 2.05) is 0 Å². The van der Waals surface area contributed by atoms with Crippen molar-refractivity contribution < 1.29 is 31.1 Å². The predicted octanol–water partition coefficient (Wildman–Crippen LogP) is 3.13. The highest BCUT2D eigenvalue weighted by atomic mass is 19.4. The number of anilines is 1. The molecule has 0 aliphatic rings. The summed E-state index contributed by atoms with van der Waals surface area (Å²) in [6.45, 7) is -0.324. The van der Waals surface area contributed by atoms with Crippen molar-refractivity contribution in [3.63, 3.8) is 0 Å². The van der Waals surface area contributed by atoms with Gasteiger partial charge < -0.3 is 10.5 Å². The number of nitrogens with two attached hydrogens (primary N) is 2. The Labute approximate surface area is 149 Å². The molecule has 0 amide bonds. The van der Waals surface area contributed by atoms with Crippen LogP contribution in [-0.4, -0.2) is 16.6 Å². The first-order valence-electron chi connectivity index (χ1n) is 7.17. The van der Waals surface area contributed by atoms with E-state index in [-0.39, 0.29) is 24.0 Å². The van der Waals surface area contributed by atoms with Crippen LogP contribution in [0, 0.1) is 5.82 Å². The van der Waals surface area contributed by atoms with Gasteiger partial charge in [0, 0.05) is 18.6 Å². The molecule has 6 nitrogen and oxygen atoms in total. The molecule has 0 spiro atoms. The molecule has 0 unspecified atom stereocenters. The van der Waals surface area contributed by atoms with E-state index in [1.54, 1.807) is 0 Å². The maximum Gasteiger partial charge on any atom is 0.419 e. The molecule has 0 fully saturated rings. The molecule has 2 aromatic rings. The number of alkyl halides is 5. The monoisotopic (exact) mass is 393 g/mol. The summed E-state index contributed by atoms with van der Waals surface area (Å²) in [6, 6.07) is 1.94. The summed E-state index contributed by atoms with van der Waals surface area (Å²) >= 11 is 0. The number of hydrogen-bond acceptors (Lipinski definition) is 6. The average molecular weight is 393 g/mol. The van der Waals surface area contributed by atoms with Gasteiger partial charge in [0.1, 0.15) is 12.4 Å². The summed E-state index contributed by atoms with van der Waals surface area (Å²) in [4.78, 5) is 7.10. The zero-order valence-electron chi connectivity index (χ0n) is 13.4. The van der Waals surface area contributed by atoms with Crippen LogP contribution in [0.2, 0.25) is 0 Å². The van der Waals surface area contributed by atoms with Gasteiger partial charge in [-0.05, 0) is 18.2 Å². The van der Waals surface area contributed by atoms with Crippen LogP contribution in [0.5, 0.6) is 6.01 Å². The molecule has 12 heteroatoms. The van der Waals surface area contributed by atoms with Gasteiger partial charge in [-0.2, -0.15) is 13.2 Å². The minimum atomic E-state index is -4.89. The number of aromatic nitrogens is 2. The first-order valence-corrected chi connectivity index (χ1v) is 7.17. The first kappa shape index (κ1) is 20.3. The predicted molar refractivity (Wildman–Crippen MR) is 82.8 cm³/mol. The maximum absolute atomic E-state index is 13.3. The summed E-state index contributed by atoms with van der Waals surface area (Å²) in [5.74, 6) is 4.16. The Hall–Kier alpha value is -3.02. The van der Waals surface area contributed by atoms with Gasteiger partial charge in [-0.1, -0.05) is 0 Å². The van der Waals surface area contributed by atoms with E-state index < -0.39 is 29.5 Å². The Bertz CT molecular complexity index is 809. The van der Waals surface area contributed by atoms with Crippen molar-refractivity contribution in [2.75, 3.05) is 11.6 Å². The smallest absolute Gasteiger partial charge is 0.419 e. The molecule has 2 rings (SSSR count). The summed E-state index contributed by atoms with van der Waals surface area (Å²) in [7, 11) is 0. The molecule has 1 aromatic carbocycles. The molecule has 0 bridgehead atoms. The number of hydrogen-bond donors (Lipinski definition) is 2. The van der Waals surface area contributed by atoms with Gasteiger partial charge in [0.05, 0.1) is 22.5 Å². The maximum atomic E-state index is 13.3. The highest BCUT2D eigenvalue weighted by molar-refractivity contribution is 5.51. The van der Waals surface area contributed by atoms with Crippen LogP contribution >= 0.6 is 0 Å². The third kappa shape index (κ3) is 5.48. The Balaban J connectivity index is 2.05. The summed E-state index contributed by atoms with van der Waals surface area (Å²) in [6.07, 6.45) is -4.83. The minimum absolute atomic E-state index is 0.0445. The van der Waals surface area contributed by atoms with Crippen molar-refractivity contribution in [1.82, 2.24) is 9.97 Å². The fourth-order valence-corrected chi connectivity index (χ4v) is 1.84. The average Bonchev–Trinajstić information content (AvgIpc) is 2.59. The zero-order valence-corrected chi connectivity index (χ0v) is 13.4. The van der Waals surface area contributed by atoms with E-state index in [4.69, 9.17) is 16.3 Å². The van der Waals surface area contributed by atoms with Gasteiger partial charge >= 0.3 is 12.2 Å². The van der Waals surface area contributed by atoms with Crippen molar-refractivity contribution in [3.05, 3.63) is 59.4 Å². The lowest BCUT2D eigenvalue weighted by Crippen LogP contribution is -2.27. The second kappa shape index (κ2) is 8.12. The summed E-state index contributed by atoms with van der Waals surface area (Å²) < 4.78 is 81.3. The van der Waals surface area contributed by atoms with Gasteiger partial charge in [0.2, 0.25) is 0 Å². The molecular weight excluding hydrogens is 380 g/mol. The van der Waals surface area contributed by atoms with Crippen molar-refractivity contribution in [2.24, 2.45) is 11.6 Å². The van der Waals surface area contributed by atoms with Crippen molar-refractivity contribution in [2.45, 2.75) is 12.6 Å². The molecule has 146 valence electrons. The fourth-order valence-electron chi connectivity index (χ4n) is 1.84. The summed E-state index contributed by atoms with van der Waals surface area (Å²) in [5.41, 5.74) is 3.54. The van der Waals surface area contributed by atoms with Crippen LogP contribution in [0.1, 0.15) is 17.6 Å². The van der Waals surface area contributed by atoms with E-state index in [1.165, 1.54) is 0 Å². The van der Waals surface area contributed by atoms with Crippen LogP contribution in [0.4, 0.5) is 32.0 Å². The number of rotatable bonds is 6. The lowest BCUT2D eigenvalue weighted by atomic mass is 10.2. The van der Waals surface area contributed by atoms with Crippen LogP contribution in [0.25, 0.3) is 0 Å². The second-order valence-electron chi connectivity index (χ2n) is 5.16. The first-order chi connectivity index (χ1) is 12.6. The molecular formula is C15H13F6N5O. The largest absolute Gasteiger partial charge is 0.457 e. The number of hydrazine groups is 1. The van der Waals surface area contributed by atoms with Gasteiger partial charge in [-0.3, -0.25) is 5.01 Å². The molecule has 0 aliphatic heterocycles. The Morgan fingerprint density at radius 2 is 1.85 bits per heavy atom. The van der Waals surface area contributed by atoms with Gasteiger partial charge in [0.25, 0.3) is 6.43 Å². The molecule has 1 heterocycles. The number of halogens is 6. The lowest BCUT2D eigenvalue weighted by Gasteiger charge is -2.17. The standard InChI is InChI=1S/C15H13F6N5O/c16-12-2-1-10(3-11(12)15(19,20)21)26(23)6-9(22)7-27-14-24-4-8(5-25-14)13(17)18/h1-6,13H,7,22-23H2/b9-6-. The van der Waals surface area contributed by atoms with Crippen molar-refractivity contribution >= 4 is 5.69 Å². The second-order valence-corrected chi connectivity index (χ2v) is 5.16. The topological polar surface area (TPSA) is 90.3 Å². The SMILES string of the molecule is N/C(=C\N(N)c1ccc(F)c(C(F)(F)F)c1)COc1ncc(C(F)F)cn1. The molecule has 0 saturated carbocycles. The van der Waals surface area contributed by atoms with Crippen LogP contribution in [0.3, 0.4) is 0 Å². The third-order valence-electron chi connectivity index (χ3n) is 3.13. The van der Waals surface area contributed by atoms with E-state index in [9.17, 15) is 26.3 Å². The van der Waals surface area contributed by atoms with Crippen molar-refractivity contribution in [1.29, 1.82) is 0 Å². The van der Waals surface area contributed by atoms with Gasteiger partial charge in [0.15, 0.2) is 0 Å². The number of nitrogens with zero attached hydrogens (tertiary/aromatic N) is 3. The minimum Gasteiger partial charge on any atom is -0.457 e. The Morgan fingerprint density at radius 3 is 2.41 bits per heavy atom. The van der Waals surface area contributed by atoms with Crippen LogP contribution in [-0.2, 0) is 6.18 Å². The Morgan fingerprint density at radius 1 is 1.22 bits per heavy atom. The van der Waals surface area contributed by atoms with E-state index in [0.717, 1.165) is 29.7 Å². The van der Waals surface area contributed by atoms with E-state index >= 15 is 0 Å². The zero-order chi connectivity index (χ0) is 20.2. The normalized spacial score (nSPS) is 12.4. The Kier molecular flexibility index (Phi) is 6.10. The van der Waals surface area contributed by atoms with Crippen LogP contribution < -0.4 is 21.3 Å². The lowest BCUT2D eigenvalue weighted by molar-refractivity contribution is -0.139. The van der Waals surface area contributed by atoms with Crippen LogP contribution in [0.15, 0.2) is 42.5 Å².